The summed E-state index contributed by atoms with van der Waals surface area (Å²) in [5.41, 5.74) is 32.7. The second kappa shape index (κ2) is 17.2. The van der Waals surface area contributed by atoms with Gasteiger partial charge >= 0.3 is 0 Å². The SMILES string of the molecule is Cc1cc2c3c(c1)N(c1cccc4c1C(C)(C)c1ccccc1-4)c1cc(C(c4ccc(C(C)(C)C)cc4)c4ccc(C(C)(C)C)cc4)ccc1B3c1cc3c(cc1N2c1cc2c(cc1C)C(C)(C)CC2(C)C)C(C)(C)CCC3(C)C. The lowest BCUT2D eigenvalue weighted by molar-refractivity contribution is 0.332. The number of fused-ring (bicyclic) bond motifs is 9. The Morgan fingerprint density at radius 3 is 1.49 bits per heavy atom. The van der Waals surface area contributed by atoms with Crippen LogP contribution in [0.4, 0.5) is 34.1 Å². The molecule has 80 heavy (non-hydrogen) atoms. The number of hydrogen-bond donors (Lipinski definition) is 0. The highest BCUT2D eigenvalue weighted by molar-refractivity contribution is 7.00. The largest absolute Gasteiger partial charge is 0.311 e. The summed E-state index contributed by atoms with van der Waals surface area (Å²) >= 11 is 0. The molecule has 8 aromatic carbocycles. The molecule has 3 heteroatoms. The molecule has 0 aromatic heterocycles. The summed E-state index contributed by atoms with van der Waals surface area (Å²) in [6, 6.07) is 58.9. The van der Waals surface area contributed by atoms with E-state index in [4.69, 9.17) is 0 Å². The van der Waals surface area contributed by atoms with E-state index in [2.05, 4.69) is 280 Å². The Labute approximate surface area is 481 Å². The Bertz CT molecular complexity index is 3820. The van der Waals surface area contributed by atoms with Gasteiger partial charge in [-0.05, 0) is 202 Å². The van der Waals surface area contributed by atoms with Gasteiger partial charge < -0.3 is 9.80 Å². The summed E-state index contributed by atoms with van der Waals surface area (Å²) in [7, 11) is 0. The monoisotopic (exact) mass is 1050 g/mol. The predicted molar refractivity (Wildman–Crippen MR) is 345 cm³/mol. The van der Waals surface area contributed by atoms with Gasteiger partial charge in [-0.2, -0.15) is 0 Å². The first kappa shape index (κ1) is 52.8. The van der Waals surface area contributed by atoms with Crippen molar-refractivity contribution >= 4 is 57.2 Å². The fourth-order valence-electron chi connectivity index (χ4n) is 16.2. The third-order valence-corrected chi connectivity index (χ3v) is 20.5. The Morgan fingerprint density at radius 1 is 0.412 bits per heavy atom. The fraction of sp³-hybridized carbons (Fsp3) is 0.377. The van der Waals surface area contributed by atoms with Crippen LogP contribution in [-0.4, -0.2) is 6.71 Å². The fourth-order valence-corrected chi connectivity index (χ4v) is 16.2. The van der Waals surface area contributed by atoms with E-state index in [1.807, 2.05) is 0 Å². The summed E-state index contributed by atoms with van der Waals surface area (Å²) < 4.78 is 0. The Morgan fingerprint density at radius 2 is 0.900 bits per heavy atom. The lowest BCUT2D eigenvalue weighted by atomic mass is 9.33. The van der Waals surface area contributed by atoms with Gasteiger partial charge in [-0.25, -0.2) is 0 Å². The maximum absolute atomic E-state index is 2.75. The van der Waals surface area contributed by atoms with Gasteiger partial charge in [0.25, 0.3) is 6.71 Å². The van der Waals surface area contributed by atoms with E-state index in [-0.39, 0.29) is 50.5 Å². The van der Waals surface area contributed by atoms with Crippen LogP contribution < -0.4 is 26.2 Å². The molecule has 13 rings (SSSR count). The molecule has 2 heterocycles. The lowest BCUT2D eigenvalue weighted by Gasteiger charge is -2.48. The maximum atomic E-state index is 2.75. The molecule has 0 spiro atoms. The zero-order valence-corrected chi connectivity index (χ0v) is 51.5. The lowest BCUT2D eigenvalue weighted by Crippen LogP contribution is -2.62. The average molecular weight is 1050 g/mol. The van der Waals surface area contributed by atoms with Gasteiger partial charge in [-0.1, -0.05) is 220 Å². The number of aryl methyl sites for hydroxylation is 2. The van der Waals surface area contributed by atoms with Gasteiger partial charge in [0, 0.05) is 39.8 Å². The first-order valence-electron chi connectivity index (χ1n) is 30.2. The molecule has 0 amide bonds. The predicted octanol–water partition coefficient (Wildman–Crippen LogP) is 18.8. The van der Waals surface area contributed by atoms with Gasteiger partial charge in [-0.3, -0.25) is 0 Å². The smallest absolute Gasteiger partial charge is 0.252 e. The minimum absolute atomic E-state index is 0.00281. The van der Waals surface area contributed by atoms with E-state index >= 15 is 0 Å². The summed E-state index contributed by atoms with van der Waals surface area (Å²) in [5.74, 6) is 0.00281. The van der Waals surface area contributed by atoms with Crippen molar-refractivity contribution in [3.8, 4) is 11.1 Å². The van der Waals surface area contributed by atoms with Gasteiger partial charge in [0.2, 0.25) is 0 Å². The standard InChI is InChI=1S/C77H85BN2/c1-46-38-66-70-67(39-46)80(63-43-59-56(40-47(63)2)75(13,14)45-76(59,15)16)65-44-58-57(73(9,10)36-37-74(58,11)12)42-61(65)78(70)60-35-30-50(41-64(60)79(66)62-25-21-23-54-53-22-19-20-24-55(53)77(17,18)69(54)62)68(48-26-31-51(32-27-48)71(3,4)5)49-28-33-52(34-29-49)72(6,7)8/h19-35,38-44,68H,36-37,45H2,1-18H3. The summed E-state index contributed by atoms with van der Waals surface area (Å²) in [5, 5.41) is 0. The third-order valence-electron chi connectivity index (χ3n) is 20.5. The molecule has 0 radical (unpaired) electrons. The molecule has 406 valence electrons. The molecular weight excluding hydrogens is 964 g/mol. The Kier molecular flexibility index (Phi) is 11.4. The first-order chi connectivity index (χ1) is 37.5. The molecule has 0 bridgehead atoms. The van der Waals surface area contributed by atoms with Crippen LogP contribution in [0.5, 0.6) is 0 Å². The molecule has 0 atom stereocenters. The number of hydrogen-bond acceptors (Lipinski definition) is 2. The van der Waals surface area contributed by atoms with Crippen molar-refractivity contribution in [3.05, 3.63) is 218 Å². The molecule has 0 saturated heterocycles. The Balaban J connectivity index is 1.13. The van der Waals surface area contributed by atoms with Crippen molar-refractivity contribution in [1.29, 1.82) is 0 Å². The van der Waals surface area contributed by atoms with Gasteiger partial charge in [-0.15, -0.1) is 0 Å². The van der Waals surface area contributed by atoms with Crippen LogP contribution in [0.1, 0.15) is 208 Å². The van der Waals surface area contributed by atoms with Crippen LogP contribution in [0.3, 0.4) is 0 Å². The van der Waals surface area contributed by atoms with Crippen LogP contribution in [0.15, 0.2) is 146 Å². The van der Waals surface area contributed by atoms with Crippen molar-refractivity contribution in [2.24, 2.45) is 0 Å². The topological polar surface area (TPSA) is 6.48 Å². The quantitative estimate of drug-likeness (QED) is 0.125. The molecule has 0 fully saturated rings. The summed E-state index contributed by atoms with van der Waals surface area (Å²) in [4.78, 5) is 5.49. The molecule has 0 unspecified atom stereocenters. The minimum Gasteiger partial charge on any atom is -0.311 e. The highest BCUT2D eigenvalue weighted by Crippen LogP contribution is 2.58. The van der Waals surface area contributed by atoms with E-state index in [0.29, 0.717) is 0 Å². The zero-order valence-electron chi connectivity index (χ0n) is 51.5. The maximum Gasteiger partial charge on any atom is 0.252 e. The molecule has 0 N–H and O–H groups in total. The van der Waals surface area contributed by atoms with Crippen LogP contribution in [0.2, 0.25) is 0 Å². The molecule has 8 aromatic rings. The molecule has 2 aliphatic heterocycles. The normalized spacial score (nSPS) is 18.3. The number of rotatable bonds is 5. The second-order valence-electron chi connectivity index (χ2n) is 30.5. The third kappa shape index (κ3) is 7.85. The van der Waals surface area contributed by atoms with Crippen LogP contribution in [-0.2, 0) is 37.9 Å². The van der Waals surface area contributed by atoms with E-state index in [0.717, 1.165) is 19.3 Å². The van der Waals surface area contributed by atoms with Crippen LogP contribution >= 0.6 is 0 Å². The molecule has 5 aliphatic rings. The number of anilines is 6. The summed E-state index contributed by atoms with van der Waals surface area (Å²) in [6.07, 6.45) is 3.46. The average Bonchev–Trinajstić information content (AvgIpc) is 1.33. The van der Waals surface area contributed by atoms with Crippen molar-refractivity contribution in [3.63, 3.8) is 0 Å². The first-order valence-corrected chi connectivity index (χ1v) is 30.2. The highest BCUT2D eigenvalue weighted by atomic mass is 15.2. The zero-order chi connectivity index (χ0) is 56.8. The second-order valence-corrected chi connectivity index (χ2v) is 30.5. The Hall–Kier alpha value is -6.58. The van der Waals surface area contributed by atoms with E-state index < -0.39 is 0 Å². The molecular formula is C77H85BN2. The van der Waals surface area contributed by atoms with Crippen molar-refractivity contribution < 1.29 is 0 Å². The molecule has 0 saturated carbocycles. The van der Waals surface area contributed by atoms with E-state index in [9.17, 15) is 0 Å². The van der Waals surface area contributed by atoms with Gasteiger partial charge in [0.05, 0.1) is 5.69 Å². The van der Waals surface area contributed by atoms with Crippen LogP contribution in [0, 0.1) is 13.8 Å². The van der Waals surface area contributed by atoms with Crippen LogP contribution in [0.25, 0.3) is 11.1 Å². The van der Waals surface area contributed by atoms with Crippen molar-refractivity contribution in [2.45, 2.75) is 188 Å². The van der Waals surface area contributed by atoms with Gasteiger partial charge in [0.1, 0.15) is 0 Å². The highest BCUT2D eigenvalue weighted by Gasteiger charge is 2.50. The van der Waals surface area contributed by atoms with Crippen molar-refractivity contribution in [2.75, 3.05) is 9.80 Å². The number of nitrogens with zero attached hydrogens (tertiary/aromatic N) is 2. The number of benzene rings is 8. The van der Waals surface area contributed by atoms with E-state index in [1.54, 1.807) is 0 Å². The van der Waals surface area contributed by atoms with E-state index in [1.165, 1.54) is 134 Å². The summed E-state index contributed by atoms with van der Waals surface area (Å²) in [6.45, 7) is 43.4. The molecule has 3 aliphatic carbocycles. The van der Waals surface area contributed by atoms with Crippen molar-refractivity contribution in [1.82, 2.24) is 0 Å². The van der Waals surface area contributed by atoms with Gasteiger partial charge in [0.15, 0.2) is 0 Å². The molecule has 2 nitrogen and oxygen atoms in total. The minimum atomic E-state index is -0.245.